The topological polar surface area (TPSA) is 41.9 Å². The van der Waals surface area contributed by atoms with E-state index in [1.807, 2.05) is 12.1 Å². The van der Waals surface area contributed by atoms with Crippen LogP contribution in [0.3, 0.4) is 0 Å². The Labute approximate surface area is 159 Å². The molecule has 1 saturated heterocycles. The van der Waals surface area contributed by atoms with E-state index in [0.29, 0.717) is 5.92 Å². The van der Waals surface area contributed by atoms with Crippen LogP contribution in [0.15, 0.2) is 52.3 Å². The van der Waals surface area contributed by atoms with Crippen LogP contribution < -0.4 is 9.47 Å². The van der Waals surface area contributed by atoms with Crippen molar-refractivity contribution in [3.8, 4) is 11.5 Å². The van der Waals surface area contributed by atoms with Gasteiger partial charge in [-0.1, -0.05) is 23.9 Å². The van der Waals surface area contributed by atoms with Crippen LogP contribution in [0, 0.1) is 5.92 Å². The van der Waals surface area contributed by atoms with E-state index >= 15 is 0 Å². The molecule has 2 aliphatic heterocycles. The molecular formula is C21H25NO3S. The number of aliphatic hydroxyl groups is 1. The minimum atomic E-state index is 0.0347. The highest BCUT2D eigenvalue weighted by atomic mass is 32.2. The van der Waals surface area contributed by atoms with E-state index < -0.39 is 0 Å². The minimum Gasteiger partial charge on any atom is -0.497 e. The van der Waals surface area contributed by atoms with Crippen molar-refractivity contribution in [3.63, 3.8) is 0 Å². The third kappa shape index (κ3) is 3.56. The van der Waals surface area contributed by atoms with Gasteiger partial charge in [0.05, 0.1) is 18.6 Å². The maximum atomic E-state index is 9.18. The number of fused-ring (bicyclic) bond motifs is 2. The normalized spacial score (nSPS) is 20.6. The summed E-state index contributed by atoms with van der Waals surface area (Å²) in [5.41, 5.74) is 1.23. The van der Waals surface area contributed by atoms with Gasteiger partial charge >= 0.3 is 0 Å². The smallest absolute Gasteiger partial charge is 0.134 e. The molecule has 0 amide bonds. The Bertz CT molecular complexity index is 759. The molecule has 1 atom stereocenters. The van der Waals surface area contributed by atoms with E-state index in [1.54, 1.807) is 18.9 Å². The molecule has 0 aliphatic carbocycles. The first-order valence-corrected chi connectivity index (χ1v) is 10.0. The first-order chi connectivity index (χ1) is 12.8. The minimum absolute atomic E-state index is 0.0347. The van der Waals surface area contributed by atoms with Gasteiger partial charge in [-0.3, -0.25) is 0 Å². The molecule has 2 aliphatic rings. The zero-order valence-corrected chi connectivity index (χ0v) is 15.9. The van der Waals surface area contributed by atoms with Crippen molar-refractivity contribution in [2.75, 3.05) is 33.4 Å². The number of β-amino-alcohol motifs (C(OH)–C–C–N with tert-alkyl or cyclic N) is 1. The Morgan fingerprint density at radius 2 is 1.96 bits per heavy atom. The maximum absolute atomic E-state index is 9.18. The summed E-state index contributed by atoms with van der Waals surface area (Å²) >= 11 is 1.77. The summed E-state index contributed by atoms with van der Waals surface area (Å²) in [6.45, 7) is 3.02. The second kappa shape index (κ2) is 7.91. The number of para-hydroxylation sites is 1. The Morgan fingerprint density at radius 1 is 1.15 bits per heavy atom. The highest BCUT2D eigenvalue weighted by molar-refractivity contribution is 7.99. The predicted octanol–water partition coefficient (Wildman–Crippen LogP) is 3.98. The van der Waals surface area contributed by atoms with Gasteiger partial charge < -0.3 is 19.5 Å². The van der Waals surface area contributed by atoms with E-state index in [0.717, 1.165) is 44.0 Å². The van der Waals surface area contributed by atoms with Gasteiger partial charge in [-0.25, -0.2) is 0 Å². The Morgan fingerprint density at radius 3 is 2.73 bits per heavy atom. The summed E-state index contributed by atoms with van der Waals surface area (Å²) in [6, 6.07) is 14.6. The van der Waals surface area contributed by atoms with Gasteiger partial charge in [0.25, 0.3) is 0 Å². The van der Waals surface area contributed by atoms with Crippen molar-refractivity contribution >= 4 is 11.8 Å². The first-order valence-electron chi connectivity index (χ1n) is 9.23. The molecule has 5 heteroatoms. The lowest BCUT2D eigenvalue weighted by Crippen LogP contribution is -2.38. The van der Waals surface area contributed by atoms with Crippen LogP contribution in [0.5, 0.6) is 11.5 Å². The summed E-state index contributed by atoms with van der Waals surface area (Å²) in [5.74, 6) is 2.31. The fourth-order valence-electron chi connectivity index (χ4n) is 3.89. The van der Waals surface area contributed by atoms with Gasteiger partial charge in [0.1, 0.15) is 17.6 Å². The lowest BCUT2D eigenvalue weighted by atomic mass is 9.87. The van der Waals surface area contributed by atoms with E-state index in [4.69, 9.17) is 9.47 Å². The number of methoxy groups -OCH3 is 1. The zero-order valence-electron chi connectivity index (χ0n) is 15.1. The van der Waals surface area contributed by atoms with Crippen LogP contribution >= 0.6 is 11.8 Å². The van der Waals surface area contributed by atoms with Crippen LogP contribution in [0.4, 0.5) is 0 Å². The average molecular weight is 372 g/mol. The molecule has 4 nitrogen and oxygen atoms in total. The van der Waals surface area contributed by atoms with Crippen molar-refractivity contribution < 1.29 is 14.6 Å². The lowest BCUT2D eigenvalue weighted by molar-refractivity contribution is 0.0671. The fraction of sp³-hybridized carbons (Fsp3) is 0.429. The van der Waals surface area contributed by atoms with E-state index in [9.17, 15) is 5.11 Å². The van der Waals surface area contributed by atoms with Crippen LogP contribution in [0.1, 0.15) is 24.5 Å². The number of hydrogen-bond acceptors (Lipinski definition) is 5. The Kier molecular flexibility index (Phi) is 5.38. The van der Waals surface area contributed by atoms with Gasteiger partial charge in [0.15, 0.2) is 0 Å². The SMILES string of the molecule is COc1ccc2c(c1)C(C1CCN(CCO)CC1)Oc1ccccc1S2. The first kappa shape index (κ1) is 17.7. The summed E-state index contributed by atoms with van der Waals surface area (Å²) in [5, 5.41) is 9.18. The number of ether oxygens (including phenoxy) is 2. The average Bonchev–Trinajstić information content (AvgIpc) is 2.85. The molecule has 0 spiro atoms. The molecule has 1 unspecified atom stereocenters. The molecule has 138 valence electrons. The largest absolute Gasteiger partial charge is 0.497 e. The van der Waals surface area contributed by atoms with Crippen LogP contribution in [-0.4, -0.2) is 43.4 Å². The number of aliphatic hydroxyl groups excluding tert-OH is 1. The summed E-state index contributed by atoms with van der Waals surface area (Å²) in [7, 11) is 1.71. The van der Waals surface area contributed by atoms with Crippen molar-refractivity contribution in [1.82, 2.24) is 4.90 Å². The zero-order chi connectivity index (χ0) is 17.9. The molecule has 0 radical (unpaired) electrons. The highest BCUT2D eigenvalue weighted by Crippen LogP contribution is 2.48. The molecule has 4 rings (SSSR count). The van der Waals surface area contributed by atoms with Crippen LogP contribution in [0.2, 0.25) is 0 Å². The van der Waals surface area contributed by atoms with E-state index in [1.165, 1.54) is 15.4 Å². The van der Waals surface area contributed by atoms with Crippen LogP contribution in [0.25, 0.3) is 0 Å². The van der Waals surface area contributed by atoms with Gasteiger partial charge in [0, 0.05) is 22.9 Å². The number of benzene rings is 2. The van der Waals surface area contributed by atoms with Crippen molar-refractivity contribution in [2.24, 2.45) is 5.92 Å². The van der Waals surface area contributed by atoms with E-state index in [-0.39, 0.29) is 12.7 Å². The molecule has 1 N–H and O–H groups in total. The molecule has 0 bridgehead atoms. The second-order valence-corrected chi connectivity index (χ2v) is 7.98. The molecule has 0 aromatic heterocycles. The quantitative estimate of drug-likeness (QED) is 0.880. The highest BCUT2D eigenvalue weighted by Gasteiger charge is 2.33. The van der Waals surface area contributed by atoms with Crippen molar-refractivity contribution in [1.29, 1.82) is 0 Å². The summed E-state index contributed by atoms with van der Waals surface area (Å²) in [6.07, 6.45) is 2.19. The lowest BCUT2D eigenvalue weighted by Gasteiger charge is -2.36. The summed E-state index contributed by atoms with van der Waals surface area (Å²) in [4.78, 5) is 4.75. The predicted molar refractivity (Wildman–Crippen MR) is 103 cm³/mol. The number of likely N-dealkylation sites (tertiary alicyclic amines) is 1. The molecule has 2 aromatic rings. The molecule has 2 aromatic carbocycles. The molecule has 2 heterocycles. The monoisotopic (exact) mass is 371 g/mol. The molecular weight excluding hydrogens is 346 g/mol. The number of rotatable bonds is 4. The third-order valence-corrected chi connectivity index (χ3v) is 6.47. The van der Waals surface area contributed by atoms with Crippen molar-refractivity contribution in [2.45, 2.75) is 28.7 Å². The fourth-order valence-corrected chi connectivity index (χ4v) is 4.92. The van der Waals surface area contributed by atoms with Gasteiger partial charge in [-0.15, -0.1) is 0 Å². The van der Waals surface area contributed by atoms with Gasteiger partial charge in [0.2, 0.25) is 0 Å². The Balaban J connectivity index is 1.66. The molecule has 1 fully saturated rings. The summed E-state index contributed by atoms with van der Waals surface area (Å²) < 4.78 is 12.1. The standard InChI is InChI=1S/C21H25NO3S/c1-24-16-6-7-19-17(14-16)21(15-8-10-22(11-9-15)12-13-23)25-18-4-2-3-5-20(18)26-19/h2-7,14-15,21,23H,8-13H2,1H3. The Hall–Kier alpha value is -1.69. The third-order valence-electron chi connectivity index (χ3n) is 5.32. The number of nitrogens with zero attached hydrogens (tertiary/aromatic N) is 1. The van der Waals surface area contributed by atoms with Crippen molar-refractivity contribution in [3.05, 3.63) is 48.0 Å². The number of piperidine rings is 1. The maximum Gasteiger partial charge on any atom is 0.134 e. The van der Waals surface area contributed by atoms with Crippen LogP contribution in [-0.2, 0) is 0 Å². The van der Waals surface area contributed by atoms with Gasteiger partial charge in [-0.2, -0.15) is 0 Å². The molecule has 26 heavy (non-hydrogen) atoms. The van der Waals surface area contributed by atoms with Gasteiger partial charge in [-0.05, 0) is 56.3 Å². The second-order valence-electron chi connectivity index (χ2n) is 6.89. The van der Waals surface area contributed by atoms with E-state index in [2.05, 4.69) is 35.2 Å². The molecule has 0 saturated carbocycles. The number of hydrogen-bond donors (Lipinski definition) is 1.